The van der Waals surface area contributed by atoms with Gasteiger partial charge in [0.05, 0.1) is 11.5 Å². The average molecular weight is 294 g/mol. The monoisotopic (exact) mass is 294 g/mol. The smallest absolute Gasteiger partial charge is 0.322 e. The van der Waals surface area contributed by atoms with E-state index in [1.54, 1.807) is 4.90 Å². The first-order valence-electron chi connectivity index (χ1n) is 6.84. The fourth-order valence-electron chi connectivity index (χ4n) is 3.03. The minimum Gasteiger partial charge on any atom is -0.334 e. The van der Waals surface area contributed by atoms with Crippen molar-refractivity contribution in [2.24, 2.45) is 0 Å². The zero-order chi connectivity index (χ0) is 14.3. The van der Waals surface area contributed by atoms with Crippen LogP contribution in [0.2, 0.25) is 0 Å². The second kappa shape index (κ2) is 4.77. The Balaban J connectivity index is 1.75. The molecule has 0 unspecified atom stereocenters. The van der Waals surface area contributed by atoms with Crippen molar-refractivity contribution < 1.29 is 13.2 Å². The number of urea groups is 1. The zero-order valence-electron chi connectivity index (χ0n) is 11.4. The van der Waals surface area contributed by atoms with Crippen LogP contribution in [0.4, 0.5) is 10.5 Å². The van der Waals surface area contributed by atoms with Crippen molar-refractivity contribution >= 4 is 21.6 Å². The van der Waals surface area contributed by atoms with E-state index in [2.05, 4.69) is 5.32 Å². The maximum absolute atomic E-state index is 12.4. The number of nitrogens with one attached hydrogen (secondary N) is 1. The molecule has 0 saturated carbocycles. The van der Waals surface area contributed by atoms with Gasteiger partial charge in [-0.05, 0) is 31.4 Å². The molecule has 0 spiro atoms. The first-order valence-corrected chi connectivity index (χ1v) is 8.66. The molecule has 2 aliphatic rings. The van der Waals surface area contributed by atoms with Crippen LogP contribution >= 0.6 is 0 Å². The molecule has 1 aromatic rings. The van der Waals surface area contributed by atoms with Gasteiger partial charge < -0.3 is 5.32 Å². The Morgan fingerprint density at radius 3 is 2.80 bits per heavy atom. The Morgan fingerprint density at radius 1 is 1.35 bits per heavy atom. The number of nitrogens with zero attached hydrogens (tertiary/aromatic N) is 1. The van der Waals surface area contributed by atoms with Crippen LogP contribution in [0.3, 0.4) is 0 Å². The number of hydrogen-bond donors (Lipinski definition) is 1. The average Bonchev–Trinajstić information content (AvgIpc) is 2.88. The highest BCUT2D eigenvalue weighted by atomic mass is 32.2. The fraction of sp³-hybridized carbons (Fsp3) is 0.500. The summed E-state index contributed by atoms with van der Waals surface area (Å²) in [4.78, 5) is 14.1. The second-order valence-corrected chi connectivity index (χ2v) is 7.83. The molecule has 0 bridgehead atoms. The molecule has 2 amide bonds. The number of carbonyl (C=O) groups excluding carboxylic acids is 1. The number of amides is 2. The molecule has 108 valence electrons. The van der Waals surface area contributed by atoms with Crippen molar-refractivity contribution in [3.63, 3.8) is 0 Å². The number of sulfone groups is 1. The van der Waals surface area contributed by atoms with Crippen LogP contribution < -0.4 is 10.2 Å². The van der Waals surface area contributed by atoms with Crippen LogP contribution in [0, 0.1) is 0 Å². The van der Waals surface area contributed by atoms with E-state index in [0.29, 0.717) is 6.42 Å². The van der Waals surface area contributed by atoms with Crippen LogP contribution in [0.25, 0.3) is 0 Å². The summed E-state index contributed by atoms with van der Waals surface area (Å²) in [6.07, 6.45) is 1.35. The Labute approximate surface area is 118 Å². The first kappa shape index (κ1) is 13.4. The standard InChI is InChI=1S/C14H18N2O3S/c1-10-8-11-4-2-3-5-13(11)16(10)14(17)15-12-6-7-20(18,19)9-12/h2-5,10,12H,6-9H2,1H3,(H,15,17)/t10-,12+/m0/s1. The summed E-state index contributed by atoms with van der Waals surface area (Å²) in [5.74, 6) is 0.229. The van der Waals surface area contributed by atoms with Crippen molar-refractivity contribution in [1.29, 1.82) is 0 Å². The summed E-state index contributed by atoms with van der Waals surface area (Å²) in [6.45, 7) is 2.00. The van der Waals surface area contributed by atoms with Gasteiger partial charge in [0.2, 0.25) is 0 Å². The van der Waals surface area contributed by atoms with E-state index < -0.39 is 9.84 Å². The number of anilines is 1. The van der Waals surface area contributed by atoms with Gasteiger partial charge >= 0.3 is 6.03 Å². The lowest BCUT2D eigenvalue weighted by Gasteiger charge is -2.24. The highest BCUT2D eigenvalue weighted by molar-refractivity contribution is 7.91. The van der Waals surface area contributed by atoms with Crippen LogP contribution in [-0.2, 0) is 16.3 Å². The predicted octanol–water partition coefficient (Wildman–Crippen LogP) is 1.33. The third-order valence-corrected chi connectivity index (χ3v) is 5.75. The zero-order valence-corrected chi connectivity index (χ0v) is 12.2. The summed E-state index contributed by atoms with van der Waals surface area (Å²) < 4.78 is 22.9. The fourth-order valence-corrected chi connectivity index (χ4v) is 4.70. The SMILES string of the molecule is C[C@H]1Cc2ccccc2N1C(=O)N[C@@H]1CCS(=O)(=O)C1. The number of rotatable bonds is 1. The summed E-state index contributed by atoms with van der Waals surface area (Å²) in [7, 11) is -2.97. The Morgan fingerprint density at radius 2 is 2.10 bits per heavy atom. The van der Waals surface area contributed by atoms with Gasteiger partial charge in [-0.1, -0.05) is 18.2 Å². The molecule has 3 rings (SSSR count). The molecule has 2 atom stereocenters. The van der Waals surface area contributed by atoms with E-state index in [1.807, 2.05) is 31.2 Å². The van der Waals surface area contributed by atoms with E-state index in [9.17, 15) is 13.2 Å². The van der Waals surface area contributed by atoms with Gasteiger partial charge in [-0.2, -0.15) is 0 Å². The Kier molecular flexibility index (Phi) is 3.20. The molecular weight excluding hydrogens is 276 g/mol. The number of hydrogen-bond acceptors (Lipinski definition) is 3. The minimum atomic E-state index is -2.97. The van der Waals surface area contributed by atoms with Crippen LogP contribution in [0.5, 0.6) is 0 Å². The largest absolute Gasteiger partial charge is 0.334 e. The number of carbonyl (C=O) groups is 1. The maximum Gasteiger partial charge on any atom is 0.322 e. The molecule has 0 aromatic heterocycles. The van der Waals surface area contributed by atoms with Gasteiger partial charge in [0, 0.05) is 17.8 Å². The number of fused-ring (bicyclic) bond motifs is 1. The van der Waals surface area contributed by atoms with Crippen molar-refractivity contribution in [2.75, 3.05) is 16.4 Å². The normalized spacial score (nSPS) is 27.4. The molecule has 20 heavy (non-hydrogen) atoms. The molecule has 1 N–H and O–H groups in total. The van der Waals surface area contributed by atoms with Gasteiger partial charge in [-0.3, -0.25) is 4.90 Å². The van der Waals surface area contributed by atoms with E-state index in [-0.39, 0.29) is 29.6 Å². The molecule has 5 nitrogen and oxygen atoms in total. The van der Waals surface area contributed by atoms with Crippen molar-refractivity contribution in [2.45, 2.75) is 31.8 Å². The highest BCUT2D eigenvalue weighted by Gasteiger charge is 2.34. The molecule has 2 aliphatic heterocycles. The quantitative estimate of drug-likeness (QED) is 0.850. The van der Waals surface area contributed by atoms with Gasteiger partial charge in [0.15, 0.2) is 9.84 Å². The number of para-hydroxylation sites is 1. The molecule has 0 aliphatic carbocycles. The van der Waals surface area contributed by atoms with Crippen LogP contribution in [0.1, 0.15) is 18.9 Å². The maximum atomic E-state index is 12.4. The van der Waals surface area contributed by atoms with Crippen LogP contribution in [0.15, 0.2) is 24.3 Å². The topological polar surface area (TPSA) is 66.5 Å². The number of benzene rings is 1. The Bertz CT molecular complexity index is 642. The van der Waals surface area contributed by atoms with Crippen LogP contribution in [-0.4, -0.2) is 38.0 Å². The summed E-state index contributed by atoms with van der Waals surface area (Å²) in [5, 5.41) is 2.86. The van der Waals surface area contributed by atoms with Gasteiger partial charge in [0.25, 0.3) is 0 Å². The molecule has 0 radical (unpaired) electrons. The molecule has 1 fully saturated rings. The van der Waals surface area contributed by atoms with Crippen molar-refractivity contribution in [1.82, 2.24) is 5.32 Å². The molecular formula is C14H18N2O3S. The van der Waals surface area contributed by atoms with Crippen molar-refractivity contribution in [3.05, 3.63) is 29.8 Å². The Hall–Kier alpha value is -1.56. The molecule has 2 heterocycles. The van der Waals surface area contributed by atoms with Crippen molar-refractivity contribution in [3.8, 4) is 0 Å². The van der Waals surface area contributed by atoms with Gasteiger partial charge in [0.1, 0.15) is 0 Å². The lowest BCUT2D eigenvalue weighted by molar-refractivity contribution is 0.242. The minimum absolute atomic E-state index is 0.0581. The van der Waals surface area contributed by atoms with E-state index in [0.717, 1.165) is 17.7 Å². The second-order valence-electron chi connectivity index (χ2n) is 5.60. The molecule has 6 heteroatoms. The summed E-state index contributed by atoms with van der Waals surface area (Å²) >= 11 is 0. The summed E-state index contributed by atoms with van der Waals surface area (Å²) in [5.41, 5.74) is 2.09. The lowest BCUT2D eigenvalue weighted by atomic mass is 10.1. The predicted molar refractivity (Wildman–Crippen MR) is 77.7 cm³/mol. The highest BCUT2D eigenvalue weighted by Crippen LogP contribution is 2.31. The van der Waals surface area contributed by atoms with E-state index in [4.69, 9.17) is 0 Å². The van der Waals surface area contributed by atoms with Gasteiger partial charge in [-0.25, -0.2) is 13.2 Å². The van der Waals surface area contributed by atoms with E-state index >= 15 is 0 Å². The van der Waals surface area contributed by atoms with E-state index in [1.165, 1.54) is 0 Å². The third-order valence-electron chi connectivity index (χ3n) is 3.99. The van der Waals surface area contributed by atoms with Gasteiger partial charge in [-0.15, -0.1) is 0 Å². The summed E-state index contributed by atoms with van der Waals surface area (Å²) in [6, 6.07) is 7.50. The first-order chi connectivity index (χ1) is 9.46. The molecule has 1 saturated heterocycles. The lowest BCUT2D eigenvalue weighted by Crippen LogP contribution is -2.47. The molecule has 1 aromatic carbocycles. The third kappa shape index (κ3) is 2.40.